The first kappa shape index (κ1) is 23.1. The monoisotopic (exact) mass is 440 g/mol. The largest absolute Gasteiger partial charge is 0.365 e. The molecule has 3 rings (SSSR count). The number of pyridine rings is 2. The van der Waals surface area contributed by atoms with Gasteiger partial charge in [-0.25, -0.2) is 13.8 Å². The molecule has 0 unspecified atom stereocenters. The zero-order valence-corrected chi connectivity index (χ0v) is 17.9. The molecule has 0 saturated heterocycles. The summed E-state index contributed by atoms with van der Waals surface area (Å²) in [4.78, 5) is 20.3. The van der Waals surface area contributed by atoms with E-state index in [-0.39, 0.29) is 29.8 Å². The van der Waals surface area contributed by atoms with Crippen molar-refractivity contribution >= 4 is 23.2 Å². The van der Waals surface area contributed by atoms with Crippen molar-refractivity contribution in [1.82, 2.24) is 9.97 Å². The molecule has 0 fully saturated rings. The normalized spacial score (nSPS) is 11.9. The Labute approximate surface area is 185 Å². The van der Waals surface area contributed by atoms with Crippen molar-refractivity contribution in [3.8, 4) is 11.1 Å². The summed E-state index contributed by atoms with van der Waals surface area (Å²) in [6, 6.07) is 8.77. The third-order valence-electron chi connectivity index (χ3n) is 4.81. The molecule has 9 heteroatoms. The van der Waals surface area contributed by atoms with Crippen LogP contribution in [-0.4, -0.2) is 28.5 Å². The molecule has 32 heavy (non-hydrogen) atoms. The predicted octanol–water partition coefficient (Wildman–Crippen LogP) is 4.05. The van der Waals surface area contributed by atoms with E-state index in [2.05, 4.69) is 20.6 Å². The Morgan fingerprint density at radius 1 is 1.09 bits per heavy atom. The van der Waals surface area contributed by atoms with E-state index in [9.17, 15) is 13.6 Å². The molecule has 0 aliphatic rings. The quantitative estimate of drug-likeness (QED) is 0.399. The highest BCUT2D eigenvalue weighted by atomic mass is 19.1. The van der Waals surface area contributed by atoms with E-state index < -0.39 is 17.5 Å². The molecule has 1 aromatic carbocycles. The van der Waals surface area contributed by atoms with Crippen LogP contribution in [0, 0.1) is 17.6 Å². The molecule has 0 aliphatic heterocycles. The van der Waals surface area contributed by atoms with Crippen LogP contribution in [0.3, 0.4) is 0 Å². The molecule has 7 nitrogen and oxygen atoms in total. The molecule has 0 aliphatic carbocycles. The van der Waals surface area contributed by atoms with Crippen LogP contribution in [-0.2, 0) is 0 Å². The van der Waals surface area contributed by atoms with E-state index in [4.69, 9.17) is 11.5 Å². The minimum absolute atomic E-state index is 0.0492. The minimum Gasteiger partial charge on any atom is -0.365 e. The zero-order chi connectivity index (χ0) is 23.3. The van der Waals surface area contributed by atoms with Gasteiger partial charge in [0, 0.05) is 29.9 Å². The third kappa shape index (κ3) is 5.55. The topological polar surface area (TPSA) is 119 Å². The van der Waals surface area contributed by atoms with Gasteiger partial charge in [0.15, 0.2) is 11.6 Å². The van der Waals surface area contributed by atoms with E-state index in [0.717, 1.165) is 6.07 Å². The van der Waals surface area contributed by atoms with Crippen molar-refractivity contribution in [2.24, 2.45) is 17.4 Å². The van der Waals surface area contributed by atoms with Gasteiger partial charge in [0.1, 0.15) is 11.6 Å². The molecule has 2 heterocycles. The molecule has 2 aromatic heterocycles. The molecule has 0 bridgehead atoms. The molecule has 168 valence electrons. The van der Waals surface area contributed by atoms with Gasteiger partial charge in [-0.05, 0) is 30.5 Å². The first-order valence-electron chi connectivity index (χ1n) is 10.2. The highest BCUT2D eigenvalue weighted by Crippen LogP contribution is 2.28. The first-order chi connectivity index (χ1) is 15.3. The maximum absolute atomic E-state index is 14.6. The van der Waals surface area contributed by atoms with Gasteiger partial charge in [0.2, 0.25) is 0 Å². The molecule has 0 radical (unpaired) electrons. The number of carbonyl (C=O) groups is 1. The van der Waals surface area contributed by atoms with Gasteiger partial charge in [-0.2, -0.15) is 0 Å². The van der Waals surface area contributed by atoms with Gasteiger partial charge in [0.25, 0.3) is 5.91 Å². The van der Waals surface area contributed by atoms with Crippen LogP contribution in [0.2, 0.25) is 0 Å². The fraction of sp³-hybridized carbons (Fsp3) is 0.261. The van der Waals surface area contributed by atoms with Crippen LogP contribution in [0.25, 0.3) is 11.1 Å². The number of hydrogen-bond acceptors (Lipinski definition) is 6. The van der Waals surface area contributed by atoms with Crippen LogP contribution in [0.1, 0.15) is 30.6 Å². The second-order valence-corrected chi connectivity index (χ2v) is 7.85. The maximum Gasteiger partial charge on any atom is 0.252 e. The van der Waals surface area contributed by atoms with Crippen LogP contribution >= 0.6 is 0 Å². The Morgan fingerprint density at radius 3 is 2.50 bits per heavy atom. The average molecular weight is 440 g/mol. The van der Waals surface area contributed by atoms with E-state index >= 15 is 0 Å². The number of nitrogens with zero attached hydrogens (tertiary/aromatic N) is 2. The molecule has 3 aromatic rings. The number of hydrogen-bond donors (Lipinski definition) is 4. The van der Waals surface area contributed by atoms with E-state index in [0.29, 0.717) is 29.2 Å². The summed E-state index contributed by atoms with van der Waals surface area (Å²) < 4.78 is 28.8. The van der Waals surface area contributed by atoms with E-state index in [1.807, 2.05) is 13.8 Å². The minimum atomic E-state index is -0.846. The lowest BCUT2D eigenvalue weighted by molar-refractivity contribution is 0.100. The number of rotatable bonds is 9. The van der Waals surface area contributed by atoms with Gasteiger partial charge < -0.3 is 22.1 Å². The number of primary amides is 1. The van der Waals surface area contributed by atoms with Gasteiger partial charge in [0.05, 0.1) is 17.4 Å². The smallest absolute Gasteiger partial charge is 0.252 e. The molecule has 1 amide bonds. The van der Waals surface area contributed by atoms with Gasteiger partial charge >= 0.3 is 0 Å². The van der Waals surface area contributed by atoms with Crippen LogP contribution in [0.15, 0.2) is 48.8 Å². The maximum atomic E-state index is 14.6. The Kier molecular flexibility index (Phi) is 7.32. The lowest BCUT2D eigenvalue weighted by Gasteiger charge is -2.21. The first-order valence-corrected chi connectivity index (χ1v) is 10.2. The summed E-state index contributed by atoms with van der Waals surface area (Å²) in [5.41, 5.74) is 12.4. The van der Waals surface area contributed by atoms with Gasteiger partial charge in [-0.1, -0.05) is 32.0 Å². The lowest BCUT2D eigenvalue weighted by atomic mass is 10.0. The van der Waals surface area contributed by atoms with E-state index in [1.165, 1.54) is 18.5 Å². The van der Waals surface area contributed by atoms with Crippen LogP contribution < -0.4 is 22.1 Å². The average Bonchev–Trinajstić information content (AvgIpc) is 2.75. The van der Waals surface area contributed by atoms with Crippen molar-refractivity contribution in [2.45, 2.75) is 26.3 Å². The van der Waals surface area contributed by atoms with Crippen molar-refractivity contribution in [2.75, 3.05) is 17.2 Å². The Balaban J connectivity index is 1.95. The van der Waals surface area contributed by atoms with Gasteiger partial charge in [-0.15, -0.1) is 0 Å². The van der Waals surface area contributed by atoms with Crippen molar-refractivity contribution in [3.63, 3.8) is 0 Å². The Bertz CT molecular complexity index is 1110. The number of carbonyl (C=O) groups excluding carboxylic acids is 1. The standard InChI is InChI=1S/C23H26F2N6O/c1-13(2)7-15(10-26)29-23-20(25)9-18(21(27)32)22(31-23)30-16-8-14(11-28-12-16)17-5-3-4-6-19(17)24/h3-6,8-9,11-13,15H,7,10,26H2,1-2H3,(H2,27,32)(H2,29,30,31)/t15-/m1/s1. The molecular weight excluding hydrogens is 414 g/mol. The van der Waals surface area contributed by atoms with E-state index in [1.54, 1.807) is 24.3 Å². The van der Waals surface area contributed by atoms with Crippen molar-refractivity contribution in [3.05, 3.63) is 66.0 Å². The summed E-state index contributed by atoms with van der Waals surface area (Å²) in [6.45, 7) is 4.36. The predicted molar refractivity (Wildman–Crippen MR) is 122 cm³/mol. The van der Waals surface area contributed by atoms with Crippen LogP contribution in [0.4, 0.5) is 26.1 Å². The third-order valence-corrected chi connectivity index (χ3v) is 4.81. The SMILES string of the molecule is CC(C)C[C@H](CN)Nc1nc(Nc2cncc(-c3ccccc3F)c2)c(C(N)=O)cc1F. The number of halogens is 2. The molecule has 0 spiro atoms. The molecular formula is C23H26F2N6O. The Morgan fingerprint density at radius 2 is 1.84 bits per heavy atom. The highest BCUT2D eigenvalue weighted by molar-refractivity contribution is 5.98. The molecule has 6 N–H and O–H groups in total. The lowest BCUT2D eigenvalue weighted by Crippen LogP contribution is -2.31. The zero-order valence-electron chi connectivity index (χ0n) is 17.9. The number of nitrogens with two attached hydrogens (primary N) is 2. The summed E-state index contributed by atoms with van der Waals surface area (Å²) in [6.07, 6.45) is 3.71. The van der Waals surface area contributed by atoms with Crippen LogP contribution in [0.5, 0.6) is 0 Å². The summed E-state index contributed by atoms with van der Waals surface area (Å²) in [5, 5.41) is 5.95. The Hall–Kier alpha value is -3.59. The summed E-state index contributed by atoms with van der Waals surface area (Å²) in [5.74, 6) is -1.62. The number of amides is 1. The van der Waals surface area contributed by atoms with Crippen molar-refractivity contribution < 1.29 is 13.6 Å². The fourth-order valence-corrected chi connectivity index (χ4v) is 3.34. The summed E-state index contributed by atoms with van der Waals surface area (Å²) in [7, 11) is 0. The second-order valence-electron chi connectivity index (χ2n) is 7.85. The highest BCUT2D eigenvalue weighted by Gasteiger charge is 2.19. The summed E-state index contributed by atoms with van der Waals surface area (Å²) >= 11 is 0. The van der Waals surface area contributed by atoms with Crippen molar-refractivity contribution in [1.29, 1.82) is 0 Å². The number of aromatic nitrogens is 2. The molecule has 1 atom stereocenters. The number of anilines is 3. The second kappa shape index (κ2) is 10.1. The van der Waals surface area contributed by atoms with Gasteiger partial charge in [-0.3, -0.25) is 9.78 Å². The number of nitrogens with one attached hydrogen (secondary N) is 2. The number of benzene rings is 1. The molecule has 0 saturated carbocycles. The fourth-order valence-electron chi connectivity index (χ4n) is 3.34.